The Morgan fingerprint density at radius 1 is 1.00 bits per heavy atom. The van der Waals surface area contributed by atoms with Gasteiger partial charge in [0.15, 0.2) is 28.9 Å². The Labute approximate surface area is 245 Å². The summed E-state index contributed by atoms with van der Waals surface area (Å²) in [6.07, 6.45) is -3.95. The zero-order chi connectivity index (χ0) is 31.0. The lowest BCUT2D eigenvalue weighted by Gasteiger charge is -2.25. The van der Waals surface area contributed by atoms with Crippen LogP contribution in [0.2, 0.25) is 0 Å². The third kappa shape index (κ3) is 5.25. The van der Waals surface area contributed by atoms with Crippen LogP contribution in [0.25, 0.3) is 22.3 Å². The number of hydrogen-bond acceptors (Lipinski definition) is 15. The molecule has 23 heteroatoms. The van der Waals surface area contributed by atoms with E-state index in [0.717, 1.165) is 0 Å². The molecule has 0 amide bonds. The summed E-state index contributed by atoms with van der Waals surface area (Å²) < 4.78 is 57.0. The molecule has 7 heterocycles. The van der Waals surface area contributed by atoms with Crippen LogP contribution in [0.15, 0.2) is 23.8 Å². The largest absolute Gasteiger partial charge is 0.472 e. The van der Waals surface area contributed by atoms with Crippen molar-refractivity contribution in [2.45, 2.75) is 56.3 Å². The fraction of sp³-hybridized carbons (Fsp3) is 0.524. The van der Waals surface area contributed by atoms with Gasteiger partial charge in [-0.15, -0.1) is 0 Å². The maximum atomic E-state index is 13.2. The van der Waals surface area contributed by atoms with Crippen molar-refractivity contribution in [2.75, 3.05) is 18.9 Å². The molecule has 21 nitrogen and oxygen atoms in total. The van der Waals surface area contributed by atoms with E-state index < -0.39 is 77.3 Å². The van der Waals surface area contributed by atoms with E-state index in [0.29, 0.717) is 11.2 Å². The molecule has 4 aromatic heterocycles. The third-order valence-corrected chi connectivity index (χ3v) is 9.61. The minimum absolute atomic E-state index is 0.0372. The Hall–Kier alpha value is -3.20. The Balaban J connectivity index is 1.19. The van der Waals surface area contributed by atoms with E-state index >= 15 is 0 Å². The monoisotopic (exact) mass is 656 g/mol. The van der Waals surface area contributed by atoms with Crippen LogP contribution in [-0.2, 0) is 32.2 Å². The number of phosphoric acid groups is 1. The molecule has 0 saturated carbocycles. The molecule has 4 aromatic rings. The molecule has 9 atom stereocenters. The molecular weight excluding hydrogens is 630 g/mol. The number of rotatable bonds is 2. The van der Waals surface area contributed by atoms with Gasteiger partial charge in [-0.3, -0.25) is 27.5 Å². The summed E-state index contributed by atoms with van der Waals surface area (Å²) in [4.78, 5) is 56.9. The molecule has 7 N–H and O–H groups in total. The highest BCUT2D eigenvalue weighted by Crippen LogP contribution is 2.51. The van der Waals surface area contributed by atoms with Crippen molar-refractivity contribution in [1.29, 1.82) is 0 Å². The Morgan fingerprint density at radius 3 is 2.57 bits per heavy atom. The molecule has 0 aliphatic carbocycles. The molecule has 3 fully saturated rings. The maximum Gasteiger partial charge on any atom is 0.472 e. The van der Waals surface area contributed by atoms with E-state index in [2.05, 4.69) is 35.0 Å². The van der Waals surface area contributed by atoms with Crippen molar-refractivity contribution in [3.05, 3.63) is 35.2 Å². The van der Waals surface area contributed by atoms with Gasteiger partial charge in [0, 0.05) is 6.42 Å². The average Bonchev–Trinajstić information content (AvgIpc) is 3.72. The van der Waals surface area contributed by atoms with E-state index in [1.807, 2.05) is 0 Å². The quantitative estimate of drug-likeness (QED) is 0.141. The van der Waals surface area contributed by atoms with Gasteiger partial charge in [0.25, 0.3) is 5.56 Å². The first-order chi connectivity index (χ1) is 20.9. The number of aromatic amines is 1. The molecule has 236 valence electrons. The summed E-state index contributed by atoms with van der Waals surface area (Å²) in [5.41, 5.74) is 5.96. The van der Waals surface area contributed by atoms with Crippen LogP contribution in [0.5, 0.6) is 0 Å². The number of aliphatic hydroxyl groups excluding tert-OH is 1. The maximum absolute atomic E-state index is 13.2. The van der Waals surface area contributed by atoms with Crippen LogP contribution in [0.3, 0.4) is 0 Å². The van der Waals surface area contributed by atoms with Gasteiger partial charge in [0.05, 0.1) is 31.9 Å². The predicted octanol–water partition coefficient (Wildman–Crippen LogP) is -1.01. The van der Waals surface area contributed by atoms with Gasteiger partial charge in [-0.1, -0.05) is 0 Å². The first-order valence-corrected chi connectivity index (χ1v) is 16.2. The van der Waals surface area contributed by atoms with E-state index in [-0.39, 0.29) is 29.2 Å². The molecule has 3 aliphatic rings. The van der Waals surface area contributed by atoms with E-state index in [9.17, 15) is 28.8 Å². The molecule has 0 spiro atoms. The summed E-state index contributed by atoms with van der Waals surface area (Å²) in [6.45, 7) is 0.306. The number of imidazole rings is 2. The number of anilines is 1. The Morgan fingerprint density at radius 2 is 1.75 bits per heavy atom. The first-order valence-electron chi connectivity index (χ1n) is 13.2. The lowest BCUT2D eigenvalue weighted by atomic mass is 10.1. The number of aliphatic hydroxyl groups is 1. The molecule has 9 unspecified atom stereocenters. The van der Waals surface area contributed by atoms with Gasteiger partial charge in [-0.25, -0.2) is 39.1 Å². The second-order valence-corrected chi connectivity index (χ2v) is 13.3. The molecule has 0 radical (unpaired) electrons. The number of nitrogens with one attached hydrogen (secondary N) is 2. The summed E-state index contributed by atoms with van der Waals surface area (Å²) in [6, 6.07) is -0.936. The number of fused-ring (bicyclic) bond motifs is 5. The number of nitrogens with zero attached hydrogens (tertiary/aromatic N) is 7. The number of aromatic nitrogens is 8. The van der Waals surface area contributed by atoms with Crippen molar-refractivity contribution in [3.63, 3.8) is 0 Å². The molecule has 3 saturated heterocycles. The zero-order valence-electron chi connectivity index (χ0n) is 22.6. The Bertz CT molecular complexity index is 1900. The van der Waals surface area contributed by atoms with Crippen molar-refractivity contribution < 1.29 is 47.1 Å². The number of H-pyrrole nitrogens is 1. The summed E-state index contributed by atoms with van der Waals surface area (Å²) in [5.74, 6) is 0.385. The van der Waals surface area contributed by atoms with Crippen LogP contribution in [0.4, 0.5) is 5.82 Å². The van der Waals surface area contributed by atoms with Crippen molar-refractivity contribution in [3.8, 4) is 0 Å². The van der Waals surface area contributed by atoms with Gasteiger partial charge in [-0.05, 0) is 6.92 Å². The standard InChI is InChI=1S/C21H26N10O11P2/c1-8-27-19-14(20(33)28-8)26-7-31(19)21-16-15(32)11(41-21)4-38-43(34,35)29-9-2-12(40-10(9)3-39-44(36,37)42-16)30-6-25-13-17(22)23-5-24-18(13)30/h5-7,9-12,15-16,21,32H,2-4H2,1H3,(H,36,37)(H2,22,23,24)(H,27,28,33)(H2,29,34,35). The van der Waals surface area contributed by atoms with Gasteiger partial charge >= 0.3 is 15.6 Å². The highest BCUT2D eigenvalue weighted by atomic mass is 31.2. The van der Waals surface area contributed by atoms with Crippen LogP contribution in [0, 0.1) is 6.92 Å². The van der Waals surface area contributed by atoms with E-state index in [1.165, 1.54) is 35.0 Å². The second kappa shape index (κ2) is 10.7. The molecule has 2 bridgehead atoms. The predicted molar refractivity (Wildman–Crippen MR) is 144 cm³/mol. The van der Waals surface area contributed by atoms with E-state index in [1.54, 1.807) is 0 Å². The summed E-state index contributed by atoms with van der Waals surface area (Å²) >= 11 is 0. The topological polar surface area (TPSA) is 286 Å². The number of ether oxygens (including phenoxy) is 2. The normalized spacial score (nSPS) is 36.6. The number of aryl methyl sites for hydroxylation is 1. The van der Waals surface area contributed by atoms with Gasteiger partial charge in [-0.2, -0.15) is 0 Å². The van der Waals surface area contributed by atoms with Gasteiger partial charge < -0.3 is 35.1 Å². The SMILES string of the molecule is Cc1nc2c(ncn2C2OC3COP(=O)(O)NC4CC(n5cnc6c(N)ncnc65)OC4COP(=O)(O)OC2C3O)c(=O)[nH]1. The number of nitrogens with two attached hydrogens (primary N) is 1. The Kier molecular flexibility index (Phi) is 7.18. The minimum Gasteiger partial charge on any atom is -0.387 e. The lowest BCUT2D eigenvalue weighted by Crippen LogP contribution is -2.38. The van der Waals surface area contributed by atoms with Crippen molar-refractivity contribution >= 4 is 43.7 Å². The summed E-state index contributed by atoms with van der Waals surface area (Å²) in [5, 5.41) is 13.5. The molecule has 3 aliphatic heterocycles. The molecule has 44 heavy (non-hydrogen) atoms. The highest BCUT2D eigenvalue weighted by Gasteiger charge is 2.51. The van der Waals surface area contributed by atoms with Crippen LogP contribution >= 0.6 is 15.6 Å². The number of phosphoric ester groups is 1. The zero-order valence-corrected chi connectivity index (χ0v) is 24.4. The summed E-state index contributed by atoms with van der Waals surface area (Å²) in [7, 11) is -9.56. The third-order valence-electron chi connectivity index (χ3n) is 7.47. The van der Waals surface area contributed by atoms with Crippen molar-refractivity contribution in [2.24, 2.45) is 0 Å². The van der Waals surface area contributed by atoms with Gasteiger partial charge in [0.2, 0.25) is 0 Å². The van der Waals surface area contributed by atoms with Crippen LogP contribution < -0.4 is 16.4 Å². The minimum atomic E-state index is -4.96. The van der Waals surface area contributed by atoms with Crippen molar-refractivity contribution in [1.82, 2.24) is 44.1 Å². The smallest absolute Gasteiger partial charge is 0.387 e. The van der Waals surface area contributed by atoms with Gasteiger partial charge in [0.1, 0.15) is 48.3 Å². The first kappa shape index (κ1) is 29.5. The molecule has 0 aromatic carbocycles. The number of nitrogen functional groups attached to an aromatic ring is 1. The average molecular weight is 656 g/mol. The molecular formula is C21H26N10O11P2. The fourth-order valence-corrected chi connectivity index (χ4v) is 7.51. The van der Waals surface area contributed by atoms with Crippen LogP contribution in [0.1, 0.15) is 24.7 Å². The lowest BCUT2D eigenvalue weighted by molar-refractivity contribution is -0.0549. The fourth-order valence-electron chi connectivity index (χ4n) is 5.46. The number of hydrogen-bond donors (Lipinski definition) is 6. The second-order valence-electron chi connectivity index (χ2n) is 10.4. The highest BCUT2D eigenvalue weighted by molar-refractivity contribution is 7.50. The van der Waals surface area contributed by atoms with E-state index in [4.69, 9.17) is 28.8 Å². The van der Waals surface area contributed by atoms with Crippen LogP contribution in [-0.4, -0.2) is 97.6 Å². The molecule has 7 rings (SSSR count).